The lowest BCUT2D eigenvalue weighted by Crippen LogP contribution is -2.59. The minimum Gasteiger partial charge on any atom is -0.413 e. The van der Waals surface area contributed by atoms with Crippen LogP contribution in [0, 0.1) is 0 Å². The van der Waals surface area contributed by atoms with Gasteiger partial charge in [0.1, 0.15) is 0 Å². The van der Waals surface area contributed by atoms with Gasteiger partial charge in [0.25, 0.3) is 0 Å². The van der Waals surface area contributed by atoms with Crippen LogP contribution in [-0.2, 0) is 0 Å². The number of hydrogen-bond donors (Lipinski definition) is 2. The molecule has 1 aliphatic heterocycles. The maximum atomic E-state index is 9.53. The molecule has 0 atom stereocenters. The van der Waals surface area contributed by atoms with Crippen LogP contribution < -0.4 is 9.80 Å². The summed E-state index contributed by atoms with van der Waals surface area (Å²) in [6, 6.07) is 20.0. The number of nitrogens with zero attached hydrogens (tertiary/aromatic N) is 3. The fraction of sp³-hybridized carbons (Fsp3) is 0.200. The Morgan fingerprint density at radius 2 is 1.10 bits per heavy atom. The Morgan fingerprint density at radius 3 is 1.48 bits per heavy atom. The molecule has 21 heavy (non-hydrogen) atoms. The fourth-order valence-corrected chi connectivity index (χ4v) is 2.53. The van der Waals surface area contributed by atoms with E-state index in [9.17, 15) is 10.0 Å². The zero-order valence-corrected chi connectivity index (χ0v) is 11.7. The van der Waals surface area contributed by atoms with Crippen LogP contribution in [0.15, 0.2) is 60.7 Å². The zero-order valence-electron chi connectivity index (χ0n) is 11.7. The van der Waals surface area contributed by atoms with Crippen molar-refractivity contribution >= 4 is 18.6 Å². The van der Waals surface area contributed by atoms with E-state index in [4.69, 9.17) is 0 Å². The zero-order chi connectivity index (χ0) is 14.7. The molecule has 0 spiro atoms. The number of para-hydroxylation sites is 2. The van der Waals surface area contributed by atoms with Crippen LogP contribution in [0.4, 0.5) is 11.4 Å². The second kappa shape index (κ2) is 6.18. The standard InChI is InChI=1S/C15H18BN3O2/c20-16(21)19-12-17(14-7-3-1-4-8-14)11-18(13-19)15-9-5-2-6-10-15/h1-10,20-21H,11-13H2. The molecule has 108 valence electrons. The lowest BCUT2D eigenvalue weighted by molar-refractivity contribution is 0.250. The van der Waals surface area contributed by atoms with Crippen LogP contribution in [0.1, 0.15) is 0 Å². The van der Waals surface area contributed by atoms with Gasteiger partial charge in [0.05, 0.1) is 20.0 Å². The number of anilines is 2. The topological polar surface area (TPSA) is 50.2 Å². The Labute approximate surface area is 124 Å². The van der Waals surface area contributed by atoms with Crippen LogP contribution in [0.2, 0.25) is 0 Å². The first kappa shape index (κ1) is 13.9. The quantitative estimate of drug-likeness (QED) is 0.828. The van der Waals surface area contributed by atoms with Gasteiger partial charge in [-0.25, -0.2) is 0 Å². The maximum Gasteiger partial charge on any atom is 0.554 e. The van der Waals surface area contributed by atoms with Crippen LogP contribution in [0.5, 0.6) is 0 Å². The van der Waals surface area contributed by atoms with Crippen molar-refractivity contribution in [3.05, 3.63) is 60.7 Å². The molecule has 3 rings (SSSR count). The molecule has 0 unspecified atom stereocenters. The largest absolute Gasteiger partial charge is 0.554 e. The lowest BCUT2D eigenvalue weighted by Gasteiger charge is -2.44. The van der Waals surface area contributed by atoms with Crippen molar-refractivity contribution in [1.29, 1.82) is 0 Å². The molecule has 1 fully saturated rings. The summed E-state index contributed by atoms with van der Waals surface area (Å²) in [6.45, 7) is 1.66. The van der Waals surface area contributed by atoms with E-state index < -0.39 is 7.25 Å². The van der Waals surface area contributed by atoms with Crippen molar-refractivity contribution in [3.63, 3.8) is 0 Å². The first-order valence-electron chi connectivity index (χ1n) is 6.94. The average Bonchev–Trinajstić information content (AvgIpc) is 2.56. The summed E-state index contributed by atoms with van der Waals surface area (Å²) in [6.07, 6.45) is 0. The summed E-state index contributed by atoms with van der Waals surface area (Å²) < 4.78 is 0. The van der Waals surface area contributed by atoms with Crippen LogP contribution >= 0.6 is 0 Å². The third-order valence-corrected chi connectivity index (χ3v) is 3.62. The van der Waals surface area contributed by atoms with Gasteiger partial charge in [0, 0.05) is 11.4 Å². The van der Waals surface area contributed by atoms with Gasteiger partial charge < -0.3 is 19.8 Å². The van der Waals surface area contributed by atoms with E-state index in [1.165, 1.54) is 0 Å². The number of hydrogen-bond acceptors (Lipinski definition) is 5. The summed E-state index contributed by atoms with van der Waals surface area (Å²) in [7, 11) is -1.47. The molecule has 2 N–H and O–H groups in total. The SMILES string of the molecule is OB(O)N1CN(c2ccccc2)CN(c2ccccc2)C1. The summed E-state index contributed by atoms with van der Waals surface area (Å²) in [5.74, 6) is 0. The van der Waals surface area contributed by atoms with E-state index in [1.807, 2.05) is 60.7 Å². The Balaban J connectivity index is 1.85. The minimum atomic E-state index is -1.47. The predicted octanol–water partition coefficient (Wildman–Crippen LogP) is 1.16. The van der Waals surface area contributed by atoms with Gasteiger partial charge in [-0.2, -0.15) is 0 Å². The summed E-state index contributed by atoms with van der Waals surface area (Å²) >= 11 is 0. The van der Waals surface area contributed by atoms with Gasteiger partial charge >= 0.3 is 7.25 Å². The Kier molecular flexibility index (Phi) is 4.10. The molecule has 0 amide bonds. The molecule has 1 heterocycles. The third kappa shape index (κ3) is 3.18. The first-order valence-corrected chi connectivity index (χ1v) is 6.94. The molecule has 0 aromatic heterocycles. The van der Waals surface area contributed by atoms with Crippen LogP contribution in [-0.4, -0.2) is 42.1 Å². The van der Waals surface area contributed by atoms with E-state index in [0.29, 0.717) is 20.0 Å². The van der Waals surface area contributed by atoms with E-state index in [2.05, 4.69) is 9.80 Å². The molecule has 0 bridgehead atoms. The lowest BCUT2D eigenvalue weighted by atomic mass is 10.1. The van der Waals surface area contributed by atoms with Crippen molar-refractivity contribution in [1.82, 2.24) is 4.81 Å². The second-order valence-corrected chi connectivity index (χ2v) is 5.11. The van der Waals surface area contributed by atoms with Gasteiger partial charge in [-0.05, 0) is 24.3 Å². The Hall–Kier alpha value is -2.02. The van der Waals surface area contributed by atoms with Crippen molar-refractivity contribution in [3.8, 4) is 0 Å². The maximum absolute atomic E-state index is 9.53. The van der Waals surface area contributed by atoms with Crippen molar-refractivity contribution in [2.24, 2.45) is 0 Å². The summed E-state index contributed by atoms with van der Waals surface area (Å²) in [5, 5.41) is 19.1. The van der Waals surface area contributed by atoms with E-state index >= 15 is 0 Å². The average molecular weight is 283 g/mol. The summed E-state index contributed by atoms with van der Waals surface area (Å²) in [4.78, 5) is 5.81. The highest BCUT2D eigenvalue weighted by atomic mass is 16.4. The normalized spacial score (nSPS) is 16.1. The third-order valence-electron chi connectivity index (χ3n) is 3.62. The van der Waals surface area contributed by atoms with Crippen molar-refractivity contribution in [2.45, 2.75) is 0 Å². The molecule has 2 aromatic rings. The molecule has 0 radical (unpaired) electrons. The van der Waals surface area contributed by atoms with E-state index in [0.717, 1.165) is 11.4 Å². The summed E-state index contributed by atoms with van der Waals surface area (Å²) in [5.41, 5.74) is 2.12. The molecule has 1 aliphatic rings. The molecule has 1 saturated heterocycles. The van der Waals surface area contributed by atoms with Gasteiger partial charge in [0.15, 0.2) is 0 Å². The highest BCUT2D eigenvalue weighted by Gasteiger charge is 2.30. The molecule has 6 heteroatoms. The molecule has 2 aromatic carbocycles. The molecule has 0 saturated carbocycles. The van der Waals surface area contributed by atoms with E-state index in [-0.39, 0.29) is 0 Å². The van der Waals surface area contributed by atoms with Gasteiger partial charge in [-0.15, -0.1) is 0 Å². The smallest absolute Gasteiger partial charge is 0.413 e. The molecular formula is C15H18BN3O2. The van der Waals surface area contributed by atoms with Crippen LogP contribution in [0.25, 0.3) is 0 Å². The highest BCUT2D eigenvalue weighted by Crippen LogP contribution is 2.22. The predicted molar refractivity (Wildman–Crippen MR) is 84.5 cm³/mol. The molecular weight excluding hydrogens is 265 g/mol. The van der Waals surface area contributed by atoms with Crippen molar-refractivity contribution in [2.75, 3.05) is 29.8 Å². The Bertz CT molecular complexity index is 520. The second-order valence-electron chi connectivity index (χ2n) is 5.11. The highest BCUT2D eigenvalue weighted by molar-refractivity contribution is 6.37. The van der Waals surface area contributed by atoms with Crippen molar-refractivity contribution < 1.29 is 10.0 Å². The van der Waals surface area contributed by atoms with Gasteiger partial charge in [-0.1, -0.05) is 36.4 Å². The number of benzene rings is 2. The monoisotopic (exact) mass is 283 g/mol. The minimum absolute atomic E-state index is 0.477. The van der Waals surface area contributed by atoms with Gasteiger partial charge in [0.2, 0.25) is 0 Å². The van der Waals surface area contributed by atoms with Gasteiger partial charge in [-0.3, -0.25) is 4.81 Å². The van der Waals surface area contributed by atoms with E-state index in [1.54, 1.807) is 4.81 Å². The molecule has 5 nitrogen and oxygen atoms in total. The van der Waals surface area contributed by atoms with Crippen LogP contribution in [0.3, 0.4) is 0 Å². The first-order chi connectivity index (χ1) is 10.2. The fourth-order valence-electron chi connectivity index (χ4n) is 2.53. The molecule has 0 aliphatic carbocycles. The number of rotatable bonds is 3. The Morgan fingerprint density at radius 1 is 0.667 bits per heavy atom.